The normalized spacial score (nSPS) is 15.8. The number of anilines is 1. The van der Waals surface area contributed by atoms with Gasteiger partial charge in [0.2, 0.25) is 5.91 Å². The summed E-state index contributed by atoms with van der Waals surface area (Å²) in [6.07, 6.45) is -7.65. The number of halogens is 6. The number of likely N-dealkylation sites (tertiary alicyclic amines) is 1. The maximum absolute atomic E-state index is 13.8. The number of alkyl halides is 6. The first-order chi connectivity index (χ1) is 19.3. The molecule has 14 heteroatoms. The lowest BCUT2D eigenvalue weighted by Gasteiger charge is -2.25. The summed E-state index contributed by atoms with van der Waals surface area (Å²) in [5.74, 6) is -2.55. The number of amides is 2. The van der Waals surface area contributed by atoms with Crippen LogP contribution in [0.5, 0.6) is 11.5 Å². The van der Waals surface area contributed by atoms with Crippen molar-refractivity contribution >= 4 is 28.5 Å². The Bertz CT molecular complexity index is 1620. The van der Waals surface area contributed by atoms with Crippen molar-refractivity contribution in [3.05, 3.63) is 65.9 Å². The van der Waals surface area contributed by atoms with Crippen molar-refractivity contribution in [2.45, 2.75) is 38.2 Å². The molecule has 4 aromatic rings. The predicted octanol–water partition coefficient (Wildman–Crippen LogP) is 6.62. The van der Waals surface area contributed by atoms with Crippen LogP contribution in [-0.2, 0) is 15.8 Å². The van der Waals surface area contributed by atoms with Gasteiger partial charge in [-0.1, -0.05) is 6.07 Å². The summed E-state index contributed by atoms with van der Waals surface area (Å²) < 4.78 is 85.4. The Morgan fingerprint density at radius 2 is 1.85 bits per heavy atom. The second kappa shape index (κ2) is 10.4. The van der Waals surface area contributed by atoms with Gasteiger partial charge >= 0.3 is 18.3 Å². The Kier molecular flexibility index (Phi) is 7.09. The molecule has 41 heavy (non-hydrogen) atoms. The van der Waals surface area contributed by atoms with E-state index in [1.54, 1.807) is 35.4 Å². The van der Waals surface area contributed by atoms with Gasteiger partial charge in [-0.05, 0) is 49.2 Å². The number of carbonyl (C=O) groups excluding carboxylic acids is 2. The SMILES string of the molecule is CC(=O)N1CCCC1c1cc2[nH]c(-c3ccccn3)nc2cc1Oc1ccc(NC(=O)C(F)(F)F)c(C(F)(F)F)c1. The average molecular weight is 577 g/mol. The number of hydrogen-bond acceptors (Lipinski definition) is 5. The summed E-state index contributed by atoms with van der Waals surface area (Å²) in [4.78, 5) is 37.2. The molecule has 2 N–H and O–H groups in total. The molecule has 1 saturated heterocycles. The number of aromatic nitrogens is 3. The van der Waals surface area contributed by atoms with E-state index >= 15 is 0 Å². The van der Waals surface area contributed by atoms with Crippen LogP contribution in [0.3, 0.4) is 0 Å². The molecule has 0 spiro atoms. The van der Waals surface area contributed by atoms with Crippen LogP contribution < -0.4 is 10.1 Å². The summed E-state index contributed by atoms with van der Waals surface area (Å²) in [7, 11) is 0. The fourth-order valence-corrected chi connectivity index (χ4v) is 4.74. The van der Waals surface area contributed by atoms with E-state index in [1.807, 2.05) is 0 Å². The third-order valence-electron chi connectivity index (χ3n) is 6.57. The third kappa shape index (κ3) is 5.81. The van der Waals surface area contributed by atoms with Crippen LogP contribution in [0.1, 0.15) is 36.9 Å². The van der Waals surface area contributed by atoms with Gasteiger partial charge in [0.1, 0.15) is 17.2 Å². The molecule has 2 aromatic carbocycles. The minimum absolute atomic E-state index is 0.106. The highest BCUT2D eigenvalue weighted by molar-refractivity contribution is 5.95. The molecule has 1 unspecified atom stereocenters. The first kappa shape index (κ1) is 27.9. The fourth-order valence-electron chi connectivity index (χ4n) is 4.74. The highest BCUT2D eigenvalue weighted by Crippen LogP contribution is 2.43. The molecule has 3 heterocycles. The summed E-state index contributed by atoms with van der Waals surface area (Å²) in [6.45, 7) is 1.89. The second-order valence-corrected chi connectivity index (χ2v) is 9.34. The molecule has 1 aliphatic rings. The largest absolute Gasteiger partial charge is 0.471 e. The minimum Gasteiger partial charge on any atom is -0.457 e. The Morgan fingerprint density at radius 3 is 2.51 bits per heavy atom. The molecule has 0 aliphatic carbocycles. The highest BCUT2D eigenvalue weighted by atomic mass is 19.4. The number of carbonyl (C=O) groups is 2. The first-order valence-electron chi connectivity index (χ1n) is 12.3. The number of H-pyrrole nitrogens is 1. The van der Waals surface area contributed by atoms with E-state index in [9.17, 15) is 35.9 Å². The van der Waals surface area contributed by atoms with Gasteiger partial charge in [0.15, 0.2) is 5.82 Å². The van der Waals surface area contributed by atoms with Crippen LogP contribution in [0.2, 0.25) is 0 Å². The molecule has 1 fully saturated rings. The standard InChI is InChI=1S/C27H21F6N5O3/c1-14(39)38-10-4-6-22(38)16-12-20-21(36-24(35-20)19-5-2-3-9-34-19)13-23(16)41-15-7-8-18(17(11-15)26(28,29)30)37-25(40)27(31,32)33/h2-3,5,7-9,11-13,22H,4,6,10H2,1H3,(H,35,36)(H,37,40). The van der Waals surface area contributed by atoms with E-state index in [0.29, 0.717) is 59.6 Å². The van der Waals surface area contributed by atoms with Gasteiger partial charge in [-0.2, -0.15) is 26.3 Å². The van der Waals surface area contributed by atoms with Gasteiger partial charge < -0.3 is 19.9 Å². The smallest absolute Gasteiger partial charge is 0.457 e. The maximum atomic E-state index is 13.8. The van der Waals surface area contributed by atoms with Crippen molar-refractivity contribution in [2.75, 3.05) is 11.9 Å². The zero-order chi connectivity index (χ0) is 29.5. The fraction of sp³-hybridized carbons (Fsp3) is 0.259. The van der Waals surface area contributed by atoms with Gasteiger partial charge in [0.25, 0.3) is 0 Å². The molecule has 2 aromatic heterocycles. The van der Waals surface area contributed by atoms with Crippen LogP contribution in [0.25, 0.3) is 22.6 Å². The summed E-state index contributed by atoms with van der Waals surface area (Å²) in [5, 5.41) is 1.26. The molecule has 214 valence electrons. The lowest BCUT2D eigenvalue weighted by molar-refractivity contribution is -0.167. The van der Waals surface area contributed by atoms with Gasteiger partial charge in [0, 0.05) is 31.3 Å². The van der Waals surface area contributed by atoms with Gasteiger partial charge in [-0.15, -0.1) is 0 Å². The molecule has 2 amide bonds. The Morgan fingerprint density at radius 1 is 1.07 bits per heavy atom. The van der Waals surface area contributed by atoms with E-state index in [-0.39, 0.29) is 17.4 Å². The number of fused-ring (bicyclic) bond motifs is 1. The number of nitrogens with one attached hydrogen (secondary N) is 2. The molecule has 0 bridgehead atoms. The van der Waals surface area contributed by atoms with Gasteiger partial charge in [-0.25, -0.2) is 4.98 Å². The van der Waals surface area contributed by atoms with Crippen molar-refractivity contribution < 1.29 is 40.7 Å². The molecular formula is C27H21F6N5O3. The molecule has 8 nitrogen and oxygen atoms in total. The van der Waals surface area contributed by atoms with E-state index in [4.69, 9.17) is 4.74 Å². The van der Waals surface area contributed by atoms with Crippen molar-refractivity contribution in [3.8, 4) is 23.0 Å². The molecule has 0 saturated carbocycles. The topological polar surface area (TPSA) is 100 Å². The van der Waals surface area contributed by atoms with Crippen LogP contribution in [0.4, 0.5) is 32.0 Å². The van der Waals surface area contributed by atoms with Gasteiger partial charge in [-0.3, -0.25) is 14.6 Å². The molecule has 1 aliphatic heterocycles. The summed E-state index contributed by atoms with van der Waals surface area (Å²) in [5.41, 5.74) is -0.575. The molecule has 5 rings (SSSR count). The van der Waals surface area contributed by atoms with Crippen LogP contribution in [0, 0.1) is 0 Å². The Balaban J connectivity index is 1.59. The number of aromatic amines is 1. The number of benzene rings is 2. The number of rotatable bonds is 5. The van der Waals surface area contributed by atoms with Crippen molar-refractivity contribution in [1.82, 2.24) is 19.9 Å². The highest BCUT2D eigenvalue weighted by Gasteiger charge is 2.41. The van der Waals surface area contributed by atoms with Crippen LogP contribution in [-0.4, -0.2) is 44.4 Å². The molecule has 0 radical (unpaired) electrons. The summed E-state index contributed by atoms with van der Waals surface area (Å²) >= 11 is 0. The second-order valence-electron chi connectivity index (χ2n) is 9.34. The Hall–Kier alpha value is -4.62. The number of ether oxygens (including phenoxy) is 1. The monoisotopic (exact) mass is 577 g/mol. The zero-order valence-electron chi connectivity index (χ0n) is 21.2. The number of nitrogens with zero attached hydrogens (tertiary/aromatic N) is 3. The van der Waals surface area contributed by atoms with Crippen molar-refractivity contribution in [2.24, 2.45) is 0 Å². The summed E-state index contributed by atoms with van der Waals surface area (Å²) in [6, 6.07) is 10.2. The first-order valence-corrected chi connectivity index (χ1v) is 12.3. The zero-order valence-corrected chi connectivity index (χ0v) is 21.2. The quantitative estimate of drug-likeness (QED) is 0.260. The maximum Gasteiger partial charge on any atom is 0.471 e. The number of imidazole rings is 1. The lowest BCUT2D eigenvalue weighted by atomic mass is 10.0. The minimum atomic E-state index is -5.39. The van der Waals surface area contributed by atoms with E-state index in [2.05, 4.69) is 15.0 Å². The van der Waals surface area contributed by atoms with E-state index in [0.717, 1.165) is 6.07 Å². The molecule has 1 atom stereocenters. The molecular weight excluding hydrogens is 556 g/mol. The van der Waals surface area contributed by atoms with Crippen molar-refractivity contribution in [1.29, 1.82) is 0 Å². The van der Waals surface area contributed by atoms with Gasteiger partial charge in [0.05, 0.1) is 28.3 Å². The van der Waals surface area contributed by atoms with Crippen LogP contribution >= 0.6 is 0 Å². The predicted molar refractivity (Wildman–Crippen MR) is 135 cm³/mol. The Labute approximate surface area is 228 Å². The average Bonchev–Trinajstić information content (AvgIpc) is 3.56. The third-order valence-corrected chi connectivity index (χ3v) is 6.57. The lowest BCUT2D eigenvalue weighted by Crippen LogP contribution is -2.30. The number of hydrogen-bond donors (Lipinski definition) is 2. The van der Waals surface area contributed by atoms with E-state index in [1.165, 1.54) is 18.3 Å². The number of pyridine rings is 1. The van der Waals surface area contributed by atoms with Crippen LogP contribution in [0.15, 0.2) is 54.7 Å². The van der Waals surface area contributed by atoms with E-state index < -0.39 is 35.6 Å². The van der Waals surface area contributed by atoms with Crippen molar-refractivity contribution in [3.63, 3.8) is 0 Å².